The number of aromatic nitrogens is 1. The number of nitrogens with one attached hydrogen (secondary N) is 1. The number of benzene rings is 2. The average molecular weight is 660 g/mol. The number of nitrogens with zero attached hydrogens (tertiary/aromatic N) is 3. The SMILES string of the molecule is O=C(c1c(Sc2c(Cl)cccc2Cl)cc(C(F)(F)Cl)[nH]c1=O)N1Cc2cc(O)c(N3CCCN(CCO)C3=O)cc2C1. The number of pyridine rings is 1. The van der Waals surface area contributed by atoms with Crippen LogP contribution in [-0.2, 0) is 18.5 Å². The first kappa shape index (κ1) is 30.4. The third-order valence-corrected chi connectivity index (χ3v) is 9.17. The molecule has 3 heterocycles. The monoisotopic (exact) mass is 658 g/mol. The summed E-state index contributed by atoms with van der Waals surface area (Å²) in [7, 11) is 0. The van der Waals surface area contributed by atoms with Crippen molar-refractivity contribution < 1.29 is 28.6 Å². The van der Waals surface area contributed by atoms with Crippen molar-refractivity contribution in [3.05, 3.63) is 79.2 Å². The number of halogens is 5. The maximum Gasteiger partial charge on any atom is 0.362 e. The minimum Gasteiger partial charge on any atom is -0.506 e. The molecule has 15 heteroatoms. The van der Waals surface area contributed by atoms with Gasteiger partial charge in [-0.3, -0.25) is 14.5 Å². The fourth-order valence-corrected chi connectivity index (χ4v) is 6.68. The van der Waals surface area contributed by atoms with Crippen molar-refractivity contribution in [3.63, 3.8) is 0 Å². The van der Waals surface area contributed by atoms with Gasteiger partial charge in [-0.25, -0.2) is 4.79 Å². The number of hydrogen-bond acceptors (Lipinski definition) is 6. The highest BCUT2D eigenvalue weighted by atomic mass is 35.5. The van der Waals surface area contributed by atoms with Crippen LogP contribution in [-0.4, -0.2) is 63.2 Å². The topological polar surface area (TPSA) is 117 Å². The van der Waals surface area contributed by atoms with E-state index in [2.05, 4.69) is 0 Å². The molecule has 0 radical (unpaired) electrons. The Hall–Kier alpha value is -3.03. The average Bonchev–Trinajstić information content (AvgIpc) is 3.33. The van der Waals surface area contributed by atoms with Gasteiger partial charge < -0.3 is 25.0 Å². The Morgan fingerprint density at radius 2 is 1.74 bits per heavy atom. The van der Waals surface area contributed by atoms with Crippen molar-refractivity contribution in [2.24, 2.45) is 0 Å². The second-order valence-electron chi connectivity index (χ2n) is 9.67. The van der Waals surface area contributed by atoms with Crippen LogP contribution in [0.4, 0.5) is 19.3 Å². The number of carbonyl (C=O) groups is 2. The summed E-state index contributed by atoms with van der Waals surface area (Å²) in [6.07, 6.45) is 0.628. The molecular formula is C27H23Cl3F2N4O5S. The molecular weight excluding hydrogens is 637 g/mol. The van der Waals surface area contributed by atoms with E-state index in [-0.39, 0.29) is 63.5 Å². The normalized spacial score (nSPS) is 15.4. The van der Waals surface area contributed by atoms with Gasteiger partial charge in [0.1, 0.15) is 17.0 Å². The molecule has 0 atom stereocenters. The van der Waals surface area contributed by atoms with E-state index in [1.54, 1.807) is 12.1 Å². The second-order valence-corrected chi connectivity index (χ2v) is 12.0. The van der Waals surface area contributed by atoms with Crippen LogP contribution in [0.15, 0.2) is 51.0 Å². The van der Waals surface area contributed by atoms with Crippen LogP contribution in [0.1, 0.15) is 33.6 Å². The molecule has 5 rings (SSSR count). The Balaban J connectivity index is 1.48. The summed E-state index contributed by atoms with van der Waals surface area (Å²) in [6.45, 7) is 0.828. The summed E-state index contributed by atoms with van der Waals surface area (Å²) in [5.74, 6) is -0.926. The van der Waals surface area contributed by atoms with E-state index < -0.39 is 28.1 Å². The number of aromatic amines is 1. The lowest BCUT2D eigenvalue weighted by Gasteiger charge is -2.35. The number of H-pyrrole nitrogens is 1. The molecule has 2 aliphatic heterocycles. The fraction of sp³-hybridized carbons (Fsp3) is 0.296. The number of anilines is 1. The number of aromatic hydroxyl groups is 1. The predicted octanol–water partition coefficient (Wildman–Crippen LogP) is 5.61. The first-order valence-electron chi connectivity index (χ1n) is 12.7. The molecule has 1 saturated heterocycles. The van der Waals surface area contributed by atoms with Gasteiger partial charge in [0.05, 0.1) is 22.3 Å². The molecule has 2 aromatic carbocycles. The maximum atomic E-state index is 14.0. The molecule has 0 saturated carbocycles. The molecule has 0 unspecified atom stereocenters. The quantitative estimate of drug-likeness (QED) is 0.284. The Labute approximate surface area is 257 Å². The summed E-state index contributed by atoms with van der Waals surface area (Å²) in [4.78, 5) is 46.2. The van der Waals surface area contributed by atoms with E-state index in [9.17, 15) is 33.4 Å². The van der Waals surface area contributed by atoms with Gasteiger partial charge in [0.2, 0.25) is 0 Å². The number of fused-ring (bicyclic) bond motifs is 1. The molecule has 3 amide bonds. The van der Waals surface area contributed by atoms with Gasteiger partial charge in [0.25, 0.3) is 11.5 Å². The second kappa shape index (κ2) is 11.9. The van der Waals surface area contributed by atoms with Crippen molar-refractivity contribution in [1.29, 1.82) is 0 Å². The highest BCUT2D eigenvalue weighted by Crippen LogP contribution is 2.42. The zero-order chi connectivity index (χ0) is 30.3. The zero-order valence-corrected chi connectivity index (χ0v) is 24.8. The molecule has 1 fully saturated rings. The number of rotatable bonds is 7. The first-order chi connectivity index (χ1) is 19.9. The van der Waals surface area contributed by atoms with Gasteiger partial charge in [0, 0.05) is 42.5 Å². The van der Waals surface area contributed by atoms with Crippen molar-refractivity contribution in [1.82, 2.24) is 14.8 Å². The number of carbonyl (C=O) groups excluding carboxylic acids is 2. The lowest BCUT2D eigenvalue weighted by Crippen LogP contribution is -2.50. The molecule has 3 aromatic rings. The van der Waals surface area contributed by atoms with Crippen LogP contribution in [0, 0.1) is 0 Å². The van der Waals surface area contributed by atoms with E-state index in [4.69, 9.17) is 34.8 Å². The fourth-order valence-electron chi connectivity index (χ4n) is 4.94. The number of urea groups is 1. The van der Waals surface area contributed by atoms with Gasteiger partial charge in [-0.2, -0.15) is 8.78 Å². The Bertz CT molecular complexity index is 1610. The summed E-state index contributed by atoms with van der Waals surface area (Å²) in [6, 6.07) is 8.26. The minimum atomic E-state index is -3.92. The van der Waals surface area contributed by atoms with E-state index in [0.717, 1.165) is 17.8 Å². The first-order valence-corrected chi connectivity index (χ1v) is 14.6. The number of β-amino-alcohol motifs (C(OH)–C–C–N with tert-alkyl or cyclic N) is 1. The smallest absolute Gasteiger partial charge is 0.362 e. The molecule has 42 heavy (non-hydrogen) atoms. The largest absolute Gasteiger partial charge is 0.506 e. The van der Waals surface area contributed by atoms with E-state index >= 15 is 0 Å². The highest BCUT2D eigenvalue weighted by Gasteiger charge is 2.35. The third-order valence-electron chi connectivity index (χ3n) is 6.93. The van der Waals surface area contributed by atoms with Crippen LogP contribution >= 0.6 is 46.6 Å². The van der Waals surface area contributed by atoms with Gasteiger partial charge in [-0.1, -0.05) is 41.0 Å². The predicted molar refractivity (Wildman–Crippen MR) is 155 cm³/mol. The summed E-state index contributed by atoms with van der Waals surface area (Å²) in [5, 5.41) is 16.5. The number of hydrogen-bond donors (Lipinski definition) is 3. The number of amides is 3. The Morgan fingerprint density at radius 3 is 2.38 bits per heavy atom. The van der Waals surface area contributed by atoms with E-state index in [0.29, 0.717) is 30.6 Å². The van der Waals surface area contributed by atoms with Crippen molar-refractivity contribution >= 4 is 64.2 Å². The molecule has 3 N–H and O–H groups in total. The molecule has 1 aromatic heterocycles. The van der Waals surface area contributed by atoms with Gasteiger partial charge in [-0.05, 0) is 59.5 Å². The minimum absolute atomic E-state index is 0.0103. The van der Waals surface area contributed by atoms with Gasteiger partial charge in [0.15, 0.2) is 0 Å². The van der Waals surface area contributed by atoms with Crippen molar-refractivity contribution in [3.8, 4) is 5.75 Å². The molecule has 0 bridgehead atoms. The number of phenolic OH excluding ortho intramolecular Hbond substituents is 1. The van der Waals surface area contributed by atoms with Crippen LogP contribution < -0.4 is 10.5 Å². The van der Waals surface area contributed by atoms with Crippen molar-refractivity contribution in [2.45, 2.75) is 34.7 Å². The third kappa shape index (κ3) is 5.91. The lowest BCUT2D eigenvalue weighted by molar-refractivity contribution is 0.0740. The molecule has 9 nitrogen and oxygen atoms in total. The number of alkyl halides is 3. The molecule has 0 aliphatic carbocycles. The van der Waals surface area contributed by atoms with Gasteiger partial charge in [-0.15, -0.1) is 0 Å². The van der Waals surface area contributed by atoms with Crippen LogP contribution in [0.2, 0.25) is 10.0 Å². The van der Waals surface area contributed by atoms with Crippen molar-refractivity contribution in [2.75, 3.05) is 31.1 Å². The van der Waals surface area contributed by atoms with Crippen LogP contribution in [0.25, 0.3) is 0 Å². The molecule has 0 spiro atoms. The lowest BCUT2D eigenvalue weighted by atomic mass is 10.1. The summed E-state index contributed by atoms with van der Waals surface area (Å²) >= 11 is 18.5. The summed E-state index contributed by atoms with van der Waals surface area (Å²) < 4.78 is 28.0. The molecule has 222 valence electrons. The maximum absolute atomic E-state index is 14.0. The van der Waals surface area contributed by atoms with E-state index in [1.807, 2.05) is 4.98 Å². The Morgan fingerprint density at radius 1 is 1.07 bits per heavy atom. The highest BCUT2D eigenvalue weighted by molar-refractivity contribution is 7.99. The zero-order valence-electron chi connectivity index (χ0n) is 21.7. The van der Waals surface area contributed by atoms with Crippen LogP contribution in [0.3, 0.4) is 0 Å². The number of aliphatic hydroxyl groups excluding tert-OH is 1. The number of phenols is 1. The van der Waals surface area contributed by atoms with Crippen LogP contribution in [0.5, 0.6) is 5.75 Å². The van der Waals surface area contributed by atoms with Gasteiger partial charge >= 0.3 is 11.4 Å². The summed E-state index contributed by atoms with van der Waals surface area (Å²) in [5.41, 5.74) is -0.921. The molecule has 2 aliphatic rings. The number of aliphatic hydroxyl groups is 1. The van der Waals surface area contributed by atoms with E-state index in [1.165, 1.54) is 32.9 Å². The standard InChI is InChI=1S/C27H23Cl3F2N4O5S/c28-16-3-1-4-17(29)23(16)42-20-11-21(27(30,31)32)33-24(39)22(20)25(40)35-12-14-9-18(19(38)10-15(14)13-35)36-6-2-5-34(7-8-37)26(36)41/h1,3-4,9-11,37-38H,2,5-8,12-13H2,(H,33,39). The Kier molecular flexibility index (Phi) is 8.64.